The van der Waals surface area contributed by atoms with E-state index in [1.54, 1.807) is 13.0 Å². The molecule has 1 amide bonds. The number of carbonyl (C=O) groups excluding carboxylic acids is 2. The molecule has 0 aliphatic carbocycles. The second-order valence-electron chi connectivity index (χ2n) is 3.02. The summed E-state index contributed by atoms with van der Waals surface area (Å²) < 4.78 is 4.67. The predicted octanol–water partition coefficient (Wildman–Crippen LogP) is 0.427. The first-order valence-electron chi connectivity index (χ1n) is 4.87. The molecule has 16 heavy (non-hydrogen) atoms. The summed E-state index contributed by atoms with van der Waals surface area (Å²) in [4.78, 5) is 23.3. The van der Waals surface area contributed by atoms with E-state index in [0.717, 1.165) is 4.88 Å². The highest BCUT2D eigenvalue weighted by Crippen LogP contribution is 2.16. The minimum Gasteiger partial charge on any atom is -0.465 e. The molecule has 0 saturated carbocycles. The normalized spacial score (nSPS) is 11.9. The van der Waals surface area contributed by atoms with Gasteiger partial charge in [-0.2, -0.15) is 0 Å². The lowest BCUT2D eigenvalue weighted by Crippen LogP contribution is -2.37. The first-order chi connectivity index (χ1) is 7.65. The van der Waals surface area contributed by atoms with Crippen molar-refractivity contribution in [3.63, 3.8) is 0 Å². The van der Waals surface area contributed by atoms with E-state index in [4.69, 9.17) is 5.73 Å². The zero-order chi connectivity index (χ0) is 12.0. The molecule has 88 valence electrons. The summed E-state index contributed by atoms with van der Waals surface area (Å²) in [6, 6.07) is 2.87. The maximum absolute atomic E-state index is 11.5. The van der Waals surface area contributed by atoms with Crippen molar-refractivity contribution in [3.05, 3.63) is 22.4 Å². The van der Waals surface area contributed by atoms with Crippen molar-refractivity contribution < 1.29 is 14.3 Å². The first kappa shape index (κ1) is 12.7. The molecule has 0 fully saturated rings. The van der Waals surface area contributed by atoms with Crippen molar-refractivity contribution in [1.29, 1.82) is 0 Å². The van der Waals surface area contributed by atoms with Crippen LogP contribution in [0.5, 0.6) is 0 Å². The number of hydrogen-bond acceptors (Lipinski definition) is 5. The maximum Gasteiger partial charge on any atom is 0.325 e. The molecule has 1 aromatic heterocycles. The third-order valence-electron chi connectivity index (χ3n) is 1.84. The minimum absolute atomic E-state index is 0.147. The van der Waals surface area contributed by atoms with Gasteiger partial charge in [-0.25, -0.2) is 0 Å². The molecule has 1 atom stereocenters. The molecule has 1 heterocycles. The van der Waals surface area contributed by atoms with Crippen molar-refractivity contribution in [2.45, 2.75) is 13.0 Å². The molecule has 6 heteroatoms. The average Bonchev–Trinajstić information content (AvgIpc) is 2.78. The van der Waals surface area contributed by atoms with Gasteiger partial charge >= 0.3 is 5.97 Å². The van der Waals surface area contributed by atoms with Gasteiger partial charge in [-0.1, -0.05) is 6.07 Å². The van der Waals surface area contributed by atoms with Crippen LogP contribution in [-0.4, -0.2) is 25.0 Å². The highest BCUT2D eigenvalue weighted by Gasteiger charge is 2.17. The standard InChI is InChI=1S/C10H14N2O3S/c1-2-15-8(13)6-12-10(14)9(11)7-4-3-5-16-7/h3-5,9H,2,6,11H2,1H3,(H,12,14). The molecule has 0 spiro atoms. The molecule has 0 aliphatic heterocycles. The third-order valence-corrected chi connectivity index (χ3v) is 2.80. The summed E-state index contributed by atoms with van der Waals surface area (Å²) in [5.74, 6) is -0.843. The van der Waals surface area contributed by atoms with E-state index in [0.29, 0.717) is 6.61 Å². The van der Waals surface area contributed by atoms with Gasteiger partial charge in [0.05, 0.1) is 6.61 Å². The van der Waals surface area contributed by atoms with Crippen LogP contribution in [0.15, 0.2) is 17.5 Å². The van der Waals surface area contributed by atoms with E-state index in [9.17, 15) is 9.59 Å². The van der Waals surface area contributed by atoms with Gasteiger partial charge in [0.1, 0.15) is 12.6 Å². The number of nitrogens with two attached hydrogens (primary N) is 1. The monoisotopic (exact) mass is 242 g/mol. The molecule has 3 N–H and O–H groups in total. The molecule has 0 saturated heterocycles. The summed E-state index contributed by atoms with van der Waals surface area (Å²) in [6.07, 6.45) is 0. The number of ether oxygens (including phenoxy) is 1. The molecule has 0 bridgehead atoms. The van der Waals surface area contributed by atoms with Crippen molar-refractivity contribution in [2.75, 3.05) is 13.2 Å². The van der Waals surface area contributed by atoms with Gasteiger partial charge in [0.2, 0.25) is 5.91 Å². The van der Waals surface area contributed by atoms with Gasteiger partial charge in [-0.3, -0.25) is 9.59 Å². The van der Waals surface area contributed by atoms with E-state index in [2.05, 4.69) is 10.1 Å². The molecule has 5 nitrogen and oxygen atoms in total. The van der Waals surface area contributed by atoms with Gasteiger partial charge in [-0.15, -0.1) is 11.3 Å². The van der Waals surface area contributed by atoms with Crippen LogP contribution in [0, 0.1) is 0 Å². The lowest BCUT2D eigenvalue weighted by Gasteiger charge is -2.09. The van der Waals surface area contributed by atoms with Crippen LogP contribution in [0.4, 0.5) is 0 Å². The summed E-state index contributed by atoms with van der Waals surface area (Å²) in [5.41, 5.74) is 5.69. The van der Waals surface area contributed by atoms with Crippen molar-refractivity contribution >= 4 is 23.2 Å². The Morgan fingerprint density at radius 3 is 2.94 bits per heavy atom. The van der Waals surface area contributed by atoms with E-state index in [1.807, 2.05) is 11.4 Å². The summed E-state index contributed by atoms with van der Waals surface area (Å²) in [7, 11) is 0. The Hall–Kier alpha value is -1.40. The maximum atomic E-state index is 11.5. The summed E-state index contributed by atoms with van der Waals surface area (Å²) in [6.45, 7) is 1.86. The molecular weight excluding hydrogens is 228 g/mol. The van der Waals surface area contributed by atoms with Crippen LogP contribution in [0.25, 0.3) is 0 Å². The lowest BCUT2D eigenvalue weighted by molar-refractivity contribution is -0.143. The van der Waals surface area contributed by atoms with E-state index < -0.39 is 12.0 Å². The molecule has 0 aliphatic rings. The van der Waals surface area contributed by atoms with Crippen LogP contribution in [0.2, 0.25) is 0 Å². The minimum atomic E-state index is -0.727. The number of esters is 1. The lowest BCUT2D eigenvalue weighted by atomic mass is 10.2. The van der Waals surface area contributed by atoms with Gasteiger partial charge in [0.25, 0.3) is 0 Å². The van der Waals surface area contributed by atoms with Crippen LogP contribution < -0.4 is 11.1 Å². The van der Waals surface area contributed by atoms with Crippen molar-refractivity contribution in [2.24, 2.45) is 5.73 Å². The number of carbonyl (C=O) groups is 2. The summed E-state index contributed by atoms with van der Waals surface area (Å²) in [5, 5.41) is 4.26. The Morgan fingerprint density at radius 1 is 1.62 bits per heavy atom. The number of amides is 1. The Kier molecular flexibility index (Phi) is 4.94. The molecule has 0 radical (unpaired) electrons. The zero-order valence-corrected chi connectivity index (χ0v) is 9.75. The van der Waals surface area contributed by atoms with Crippen molar-refractivity contribution in [1.82, 2.24) is 5.32 Å². The third kappa shape index (κ3) is 3.63. The number of thiophene rings is 1. The Morgan fingerprint density at radius 2 is 2.38 bits per heavy atom. The molecular formula is C10H14N2O3S. The van der Waals surface area contributed by atoms with Crippen LogP contribution in [0.3, 0.4) is 0 Å². The number of hydrogen-bond donors (Lipinski definition) is 2. The fourth-order valence-electron chi connectivity index (χ4n) is 1.08. The Balaban J connectivity index is 2.38. The first-order valence-corrected chi connectivity index (χ1v) is 5.75. The fourth-order valence-corrected chi connectivity index (χ4v) is 1.80. The van der Waals surface area contributed by atoms with Gasteiger partial charge in [0, 0.05) is 4.88 Å². The SMILES string of the molecule is CCOC(=O)CNC(=O)C(N)c1cccs1. The fraction of sp³-hybridized carbons (Fsp3) is 0.400. The van der Waals surface area contributed by atoms with Crippen LogP contribution in [0.1, 0.15) is 17.8 Å². The van der Waals surface area contributed by atoms with Crippen LogP contribution in [-0.2, 0) is 14.3 Å². The number of rotatable bonds is 5. The highest BCUT2D eigenvalue weighted by atomic mass is 32.1. The Labute approximate surface area is 97.6 Å². The van der Waals surface area contributed by atoms with E-state index in [-0.39, 0.29) is 12.5 Å². The summed E-state index contributed by atoms with van der Waals surface area (Å²) >= 11 is 1.40. The highest BCUT2D eigenvalue weighted by molar-refractivity contribution is 7.10. The molecule has 1 rings (SSSR count). The zero-order valence-electron chi connectivity index (χ0n) is 8.93. The quantitative estimate of drug-likeness (QED) is 0.733. The van der Waals surface area contributed by atoms with Crippen LogP contribution >= 0.6 is 11.3 Å². The van der Waals surface area contributed by atoms with E-state index in [1.165, 1.54) is 11.3 Å². The predicted molar refractivity (Wildman–Crippen MR) is 60.9 cm³/mol. The second-order valence-corrected chi connectivity index (χ2v) is 4.00. The van der Waals surface area contributed by atoms with E-state index >= 15 is 0 Å². The number of nitrogens with one attached hydrogen (secondary N) is 1. The smallest absolute Gasteiger partial charge is 0.325 e. The molecule has 1 unspecified atom stereocenters. The second kappa shape index (κ2) is 6.24. The van der Waals surface area contributed by atoms with Crippen molar-refractivity contribution in [3.8, 4) is 0 Å². The molecule has 0 aromatic carbocycles. The van der Waals surface area contributed by atoms with Gasteiger partial charge in [-0.05, 0) is 18.4 Å². The largest absolute Gasteiger partial charge is 0.465 e. The van der Waals surface area contributed by atoms with Gasteiger partial charge < -0.3 is 15.8 Å². The Bertz CT molecular complexity index is 351. The average molecular weight is 242 g/mol. The topological polar surface area (TPSA) is 81.4 Å². The molecule has 1 aromatic rings. The van der Waals surface area contributed by atoms with Gasteiger partial charge in [0.15, 0.2) is 0 Å².